The predicted molar refractivity (Wildman–Crippen MR) is 123 cm³/mol. The standard InChI is InChI=1S/C25H34N2O8/c1-24(2)34-20-19(28)18(33-25(20,35-24)23(31)32-3)14-27-22(30)17-11-9-15(10-12-17)13-26-21(29)16-7-5-4-6-8-16/h4-8,15,17-20,28H,9-14H2,1-3H3,(H,26,29)(H,27,30)/t15?,17?,18?,19-,20+,25-/m1/s1. The van der Waals surface area contributed by atoms with Crippen molar-refractivity contribution in [1.82, 2.24) is 10.6 Å². The van der Waals surface area contributed by atoms with E-state index in [2.05, 4.69) is 10.6 Å². The fourth-order valence-electron chi connectivity index (χ4n) is 5.12. The monoisotopic (exact) mass is 490 g/mol. The van der Waals surface area contributed by atoms with Crippen LogP contribution in [0.15, 0.2) is 30.3 Å². The topological polar surface area (TPSA) is 132 Å². The number of aliphatic hydroxyl groups is 1. The number of amides is 2. The van der Waals surface area contributed by atoms with E-state index in [-0.39, 0.29) is 24.3 Å². The third kappa shape index (κ3) is 5.35. The number of fused-ring (bicyclic) bond motifs is 1. The van der Waals surface area contributed by atoms with Gasteiger partial charge in [0.05, 0.1) is 7.11 Å². The van der Waals surface area contributed by atoms with E-state index in [0.29, 0.717) is 30.9 Å². The van der Waals surface area contributed by atoms with Gasteiger partial charge in [-0.05, 0) is 57.6 Å². The molecule has 10 nitrogen and oxygen atoms in total. The zero-order valence-corrected chi connectivity index (χ0v) is 20.3. The average Bonchev–Trinajstić information content (AvgIpc) is 3.29. The number of carbonyl (C=O) groups is 3. The van der Waals surface area contributed by atoms with Gasteiger partial charge in [-0.1, -0.05) is 18.2 Å². The molecular formula is C25H34N2O8. The number of hydrogen-bond donors (Lipinski definition) is 3. The second-order valence-corrected chi connectivity index (χ2v) is 9.89. The number of benzene rings is 1. The molecule has 0 spiro atoms. The number of hydrogen-bond acceptors (Lipinski definition) is 8. The molecule has 3 N–H and O–H groups in total. The zero-order valence-electron chi connectivity index (χ0n) is 20.3. The van der Waals surface area contributed by atoms with Crippen LogP contribution < -0.4 is 10.6 Å². The number of ether oxygens (including phenoxy) is 4. The molecule has 3 aliphatic rings. The van der Waals surface area contributed by atoms with E-state index < -0.39 is 35.9 Å². The van der Waals surface area contributed by atoms with Crippen LogP contribution in [0.3, 0.4) is 0 Å². The highest BCUT2D eigenvalue weighted by molar-refractivity contribution is 5.94. The number of nitrogens with one attached hydrogen (secondary N) is 2. The minimum Gasteiger partial charge on any atom is -0.465 e. The Hall–Kier alpha value is -2.53. The number of esters is 1. The van der Waals surface area contributed by atoms with Crippen molar-refractivity contribution in [2.24, 2.45) is 11.8 Å². The SMILES string of the molecule is COC(=O)[C@@]12OC(CNC(=O)C3CCC(CNC(=O)c4ccccc4)CC3)[C@@H](O)[C@@H]1OC(C)(C)O2. The smallest absolute Gasteiger partial charge is 0.369 e. The third-order valence-electron chi connectivity index (χ3n) is 6.95. The van der Waals surface area contributed by atoms with Crippen LogP contribution in [0.1, 0.15) is 49.9 Å². The molecular weight excluding hydrogens is 456 g/mol. The number of rotatable bonds is 7. The molecule has 0 radical (unpaired) electrons. The molecule has 1 aromatic carbocycles. The lowest BCUT2D eigenvalue weighted by atomic mass is 9.81. The highest BCUT2D eigenvalue weighted by Gasteiger charge is 2.69. The van der Waals surface area contributed by atoms with Crippen molar-refractivity contribution in [2.75, 3.05) is 20.2 Å². The molecule has 3 fully saturated rings. The van der Waals surface area contributed by atoms with Crippen LogP contribution in [-0.4, -0.2) is 73.0 Å². The van der Waals surface area contributed by atoms with Gasteiger partial charge < -0.3 is 34.7 Å². The van der Waals surface area contributed by atoms with Gasteiger partial charge >= 0.3 is 11.8 Å². The second-order valence-electron chi connectivity index (χ2n) is 9.89. The van der Waals surface area contributed by atoms with E-state index in [1.807, 2.05) is 18.2 Å². The molecule has 2 aliphatic heterocycles. The van der Waals surface area contributed by atoms with Crippen LogP contribution in [0.5, 0.6) is 0 Å². The fraction of sp³-hybridized carbons (Fsp3) is 0.640. The van der Waals surface area contributed by atoms with E-state index in [1.165, 1.54) is 7.11 Å². The Bertz CT molecular complexity index is 931. The van der Waals surface area contributed by atoms with Crippen LogP contribution in [0.25, 0.3) is 0 Å². The molecule has 2 amide bonds. The molecule has 2 heterocycles. The minimum absolute atomic E-state index is 0.00938. The largest absolute Gasteiger partial charge is 0.465 e. The maximum atomic E-state index is 12.8. The number of aliphatic hydroxyl groups excluding tert-OH is 1. The molecule has 1 saturated carbocycles. The van der Waals surface area contributed by atoms with Crippen LogP contribution in [0.4, 0.5) is 0 Å². The van der Waals surface area contributed by atoms with Crippen molar-refractivity contribution in [1.29, 1.82) is 0 Å². The summed E-state index contributed by atoms with van der Waals surface area (Å²) >= 11 is 0. The van der Waals surface area contributed by atoms with Crippen LogP contribution >= 0.6 is 0 Å². The van der Waals surface area contributed by atoms with Gasteiger partial charge in [0, 0.05) is 24.6 Å². The Morgan fingerprint density at radius 2 is 1.71 bits per heavy atom. The van der Waals surface area contributed by atoms with Crippen molar-refractivity contribution < 1.29 is 38.4 Å². The highest BCUT2D eigenvalue weighted by Crippen LogP contribution is 2.46. The summed E-state index contributed by atoms with van der Waals surface area (Å²) in [6.07, 6.45) is -0.0424. The summed E-state index contributed by atoms with van der Waals surface area (Å²) in [5, 5.41) is 16.5. The summed E-state index contributed by atoms with van der Waals surface area (Å²) < 4.78 is 22.0. The Kier molecular flexibility index (Phi) is 7.46. The first-order valence-corrected chi connectivity index (χ1v) is 12.1. The lowest BCUT2D eigenvalue weighted by molar-refractivity contribution is -0.263. The van der Waals surface area contributed by atoms with Crippen molar-refractivity contribution in [3.05, 3.63) is 35.9 Å². The Morgan fingerprint density at radius 1 is 1.03 bits per heavy atom. The van der Waals surface area contributed by atoms with Crippen LogP contribution in [0.2, 0.25) is 0 Å². The third-order valence-corrected chi connectivity index (χ3v) is 6.95. The van der Waals surface area contributed by atoms with Gasteiger partial charge in [0.1, 0.15) is 12.2 Å². The molecule has 2 saturated heterocycles. The molecule has 192 valence electrons. The summed E-state index contributed by atoms with van der Waals surface area (Å²) in [6.45, 7) is 3.82. The van der Waals surface area contributed by atoms with Gasteiger partial charge in [-0.25, -0.2) is 4.79 Å². The van der Waals surface area contributed by atoms with Gasteiger partial charge in [-0.3, -0.25) is 9.59 Å². The van der Waals surface area contributed by atoms with Crippen molar-refractivity contribution in [3.8, 4) is 0 Å². The molecule has 0 aromatic heterocycles. The summed E-state index contributed by atoms with van der Waals surface area (Å²) in [4.78, 5) is 37.4. The molecule has 0 bridgehead atoms. The second kappa shape index (κ2) is 10.2. The molecule has 4 atom stereocenters. The van der Waals surface area contributed by atoms with E-state index in [0.717, 1.165) is 12.8 Å². The average molecular weight is 491 g/mol. The molecule has 1 unspecified atom stereocenters. The van der Waals surface area contributed by atoms with Gasteiger partial charge in [-0.2, -0.15) is 0 Å². The predicted octanol–water partition coefficient (Wildman–Crippen LogP) is 1.12. The lowest BCUT2D eigenvalue weighted by Crippen LogP contribution is -2.48. The Labute approximate surface area is 204 Å². The maximum absolute atomic E-state index is 12.8. The summed E-state index contributed by atoms with van der Waals surface area (Å²) in [6, 6.07) is 9.09. The van der Waals surface area contributed by atoms with Crippen LogP contribution in [0, 0.1) is 11.8 Å². The van der Waals surface area contributed by atoms with E-state index in [4.69, 9.17) is 18.9 Å². The van der Waals surface area contributed by atoms with E-state index >= 15 is 0 Å². The van der Waals surface area contributed by atoms with Gasteiger partial charge in [-0.15, -0.1) is 0 Å². The van der Waals surface area contributed by atoms with Crippen molar-refractivity contribution in [2.45, 2.75) is 69.4 Å². The normalized spacial score (nSPS) is 33.5. The molecule has 1 aromatic rings. The molecule has 10 heteroatoms. The summed E-state index contributed by atoms with van der Waals surface area (Å²) in [5.74, 6) is -3.84. The summed E-state index contributed by atoms with van der Waals surface area (Å²) in [7, 11) is 1.21. The minimum atomic E-state index is -1.87. The first kappa shape index (κ1) is 25.6. The summed E-state index contributed by atoms with van der Waals surface area (Å²) in [5.41, 5.74) is 0.634. The molecule has 1 aliphatic carbocycles. The van der Waals surface area contributed by atoms with Gasteiger partial charge in [0.25, 0.3) is 5.91 Å². The first-order chi connectivity index (χ1) is 16.6. The molecule has 35 heavy (non-hydrogen) atoms. The quantitative estimate of drug-likeness (QED) is 0.485. The Balaban J connectivity index is 1.23. The van der Waals surface area contributed by atoms with Gasteiger partial charge in [0.2, 0.25) is 5.91 Å². The fourth-order valence-corrected chi connectivity index (χ4v) is 5.12. The van der Waals surface area contributed by atoms with Crippen molar-refractivity contribution >= 4 is 17.8 Å². The number of methoxy groups -OCH3 is 1. The van der Waals surface area contributed by atoms with Gasteiger partial charge in [0.15, 0.2) is 11.9 Å². The van der Waals surface area contributed by atoms with Crippen LogP contribution in [-0.2, 0) is 28.5 Å². The lowest BCUT2D eigenvalue weighted by Gasteiger charge is -2.29. The maximum Gasteiger partial charge on any atom is 0.369 e. The first-order valence-electron chi connectivity index (χ1n) is 12.1. The molecule has 4 rings (SSSR count). The Morgan fingerprint density at radius 3 is 2.37 bits per heavy atom. The highest BCUT2D eigenvalue weighted by atomic mass is 16.9. The number of carbonyl (C=O) groups excluding carboxylic acids is 3. The zero-order chi connectivity index (χ0) is 25.2. The van der Waals surface area contributed by atoms with E-state index in [1.54, 1.807) is 26.0 Å². The van der Waals surface area contributed by atoms with E-state index in [9.17, 15) is 19.5 Å². The van der Waals surface area contributed by atoms with Crippen molar-refractivity contribution in [3.63, 3.8) is 0 Å².